The van der Waals surface area contributed by atoms with Crippen molar-refractivity contribution < 1.29 is 5.21 Å². The summed E-state index contributed by atoms with van der Waals surface area (Å²) in [5.41, 5.74) is 7.45. The molecule has 0 aliphatic rings. The maximum atomic E-state index is 8.79. The van der Waals surface area contributed by atoms with Crippen LogP contribution >= 0.6 is 0 Å². The molecule has 3 N–H and O–H groups in total. The van der Waals surface area contributed by atoms with Crippen LogP contribution < -0.4 is 10.6 Å². The van der Waals surface area contributed by atoms with Crippen molar-refractivity contribution >= 4 is 11.5 Å². The monoisotopic (exact) mass is 235 g/mol. The van der Waals surface area contributed by atoms with Crippen LogP contribution in [0.1, 0.15) is 32.3 Å². The number of oxime groups is 1. The average molecular weight is 235 g/mol. The lowest BCUT2D eigenvalue weighted by molar-refractivity contribution is 0.318. The number of hydrogen-bond donors (Lipinski definition) is 2. The van der Waals surface area contributed by atoms with Gasteiger partial charge in [0, 0.05) is 24.3 Å². The van der Waals surface area contributed by atoms with E-state index in [0.717, 1.165) is 24.1 Å². The van der Waals surface area contributed by atoms with Crippen molar-refractivity contribution in [3.05, 3.63) is 29.8 Å². The lowest BCUT2D eigenvalue weighted by Gasteiger charge is -2.30. The van der Waals surface area contributed by atoms with Gasteiger partial charge in [0.2, 0.25) is 0 Å². The summed E-state index contributed by atoms with van der Waals surface area (Å²) in [6.07, 6.45) is 2.13. The minimum absolute atomic E-state index is 0.151. The SMILES string of the molecule is CCC(CC)N(C)c1ccccc1/C(N)=N/O. The van der Waals surface area contributed by atoms with Gasteiger partial charge in [0.15, 0.2) is 5.84 Å². The van der Waals surface area contributed by atoms with E-state index in [9.17, 15) is 0 Å². The topological polar surface area (TPSA) is 61.8 Å². The van der Waals surface area contributed by atoms with Crippen molar-refractivity contribution in [2.24, 2.45) is 10.9 Å². The summed E-state index contributed by atoms with van der Waals surface area (Å²) in [5, 5.41) is 11.9. The van der Waals surface area contributed by atoms with Crippen LogP contribution in [0.2, 0.25) is 0 Å². The van der Waals surface area contributed by atoms with Gasteiger partial charge in [-0.05, 0) is 25.0 Å². The fraction of sp³-hybridized carbons (Fsp3) is 0.462. The number of nitrogens with two attached hydrogens (primary N) is 1. The Morgan fingerprint density at radius 2 is 1.94 bits per heavy atom. The Labute approximate surface area is 103 Å². The molecule has 0 aliphatic carbocycles. The molecule has 0 saturated heterocycles. The second-order valence-corrected chi connectivity index (χ2v) is 4.08. The third kappa shape index (κ3) is 2.90. The average Bonchev–Trinajstić information content (AvgIpc) is 2.39. The molecule has 0 atom stereocenters. The summed E-state index contributed by atoms with van der Waals surface area (Å²) in [6, 6.07) is 8.16. The quantitative estimate of drug-likeness (QED) is 0.356. The highest BCUT2D eigenvalue weighted by atomic mass is 16.4. The van der Waals surface area contributed by atoms with Gasteiger partial charge < -0.3 is 15.8 Å². The highest BCUT2D eigenvalue weighted by Crippen LogP contribution is 2.23. The molecule has 1 aromatic carbocycles. The summed E-state index contributed by atoms with van der Waals surface area (Å²) in [7, 11) is 2.04. The van der Waals surface area contributed by atoms with Gasteiger partial charge in [-0.25, -0.2) is 0 Å². The molecule has 0 saturated carbocycles. The van der Waals surface area contributed by atoms with Crippen molar-refractivity contribution in [1.29, 1.82) is 0 Å². The van der Waals surface area contributed by atoms with Gasteiger partial charge in [0.05, 0.1) is 0 Å². The fourth-order valence-corrected chi connectivity index (χ4v) is 2.08. The highest BCUT2D eigenvalue weighted by molar-refractivity contribution is 6.02. The number of para-hydroxylation sites is 1. The van der Waals surface area contributed by atoms with E-state index in [1.807, 2.05) is 31.3 Å². The number of amidine groups is 1. The Morgan fingerprint density at radius 3 is 2.47 bits per heavy atom. The molecule has 0 unspecified atom stereocenters. The van der Waals surface area contributed by atoms with E-state index in [2.05, 4.69) is 23.9 Å². The number of hydrogen-bond acceptors (Lipinski definition) is 3. The van der Waals surface area contributed by atoms with Gasteiger partial charge >= 0.3 is 0 Å². The minimum atomic E-state index is 0.151. The second-order valence-electron chi connectivity index (χ2n) is 4.08. The standard InChI is InChI=1S/C13H21N3O/c1-4-10(5-2)16(3)12-9-7-6-8-11(12)13(14)15-17/h6-10,17H,4-5H2,1-3H3,(H2,14,15). The van der Waals surface area contributed by atoms with Crippen molar-refractivity contribution in [1.82, 2.24) is 0 Å². The molecule has 1 rings (SSSR count). The van der Waals surface area contributed by atoms with Crippen LogP contribution in [0.15, 0.2) is 29.4 Å². The molecule has 17 heavy (non-hydrogen) atoms. The molecular weight excluding hydrogens is 214 g/mol. The van der Waals surface area contributed by atoms with Crippen LogP contribution in [0.25, 0.3) is 0 Å². The van der Waals surface area contributed by atoms with Crippen LogP contribution in [0, 0.1) is 0 Å². The van der Waals surface area contributed by atoms with Gasteiger partial charge in [-0.15, -0.1) is 0 Å². The minimum Gasteiger partial charge on any atom is -0.409 e. The summed E-state index contributed by atoms with van der Waals surface area (Å²) in [6.45, 7) is 4.33. The van der Waals surface area contributed by atoms with E-state index in [4.69, 9.17) is 10.9 Å². The smallest absolute Gasteiger partial charge is 0.172 e. The van der Waals surface area contributed by atoms with Gasteiger partial charge in [-0.1, -0.05) is 31.1 Å². The molecule has 1 aromatic rings. The molecule has 0 aromatic heterocycles. The van der Waals surface area contributed by atoms with Gasteiger partial charge in [-0.3, -0.25) is 0 Å². The van der Waals surface area contributed by atoms with Crippen LogP contribution in [-0.2, 0) is 0 Å². The lowest BCUT2D eigenvalue weighted by Crippen LogP contribution is -2.32. The Balaban J connectivity index is 3.13. The summed E-state index contributed by atoms with van der Waals surface area (Å²) in [5.74, 6) is 0.151. The number of nitrogens with zero attached hydrogens (tertiary/aromatic N) is 2. The van der Waals surface area contributed by atoms with Crippen molar-refractivity contribution in [2.75, 3.05) is 11.9 Å². The van der Waals surface area contributed by atoms with Crippen molar-refractivity contribution in [3.63, 3.8) is 0 Å². The molecule has 0 bridgehead atoms. The lowest BCUT2D eigenvalue weighted by atomic mass is 10.1. The molecule has 0 heterocycles. The predicted molar refractivity (Wildman–Crippen MR) is 71.7 cm³/mol. The van der Waals surface area contributed by atoms with Crippen LogP contribution in [0.4, 0.5) is 5.69 Å². The van der Waals surface area contributed by atoms with Gasteiger partial charge in [-0.2, -0.15) is 0 Å². The van der Waals surface area contributed by atoms with Crippen LogP contribution in [0.3, 0.4) is 0 Å². The van der Waals surface area contributed by atoms with E-state index in [1.165, 1.54) is 0 Å². The first kappa shape index (κ1) is 13.4. The Bertz CT molecular complexity index is 386. The second kappa shape index (κ2) is 6.13. The molecule has 0 spiro atoms. The Kier molecular flexibility index (Phi) is 4.82. The zero-order chi connectivity index (χ0) is 12.8. The first-order valence-corrected chi connectivity index (χ1v) is 5.95. The summed E-state index contributed by atoms with van der Waals surface area (Å²) < 4.78 is 0. The molecular formula is C13H21N3O. The van der Waals surface area contributed by atoms with Crippen molar-refractivity contribution in [2.45, 2.75) is 32.7 Å². The first-order valence-electron chi connectivity index (χ1n) is 5.95. The molecule has 0 radical (unpaired) electrons. The molecule has 0 fully saturated rings. The third-order valence-corrected chi connectivity index (χ3v) is 3.16. The molecule has 94 valence electrons. The largest absolute Gasteiger partial charge is 0.409 e. The normalized spacial score (nSPS) is 11.9. The maximum Gasteiger partial charge on any atom is 0.172 e. The third-order valence-electron chi connectivity index (χ3n) is 3.16. The van der Waals surface area contributed by atoms with E-state index in [1.54, 1.807) is 0 Å². The highest BCUT2D eigenvalue weighted by Gasteiger charge is 2.15. The Morgan fingerprint density at radius 1 is 1.35 bits per heavy atom. The predicted octanol–water partition coefficient (Wildman–Crippen LogP) is 2.41. The van der Waals surface area contributed by atoms with E-state index >= 15 is 0 Å². The fourth-order valence-electron chi connectivity index (χ4n) is 2.08. The molecule has 4 heteroatoms. The number of anilines is 1. The van der Waals surface area contributed by atoms with Crippen molar-refractivity contribution in [3.8, 4) is 0 Å². The zero-order valence-corrected chi connectivity index (χ0v) is 10.7. The first-order chi connectivity index (χ1) is 8.15. The van der Waals surface area contributed by atoms with Crippen LogP contribution in [0.5, 0.6) is 0 Å². The number of rotatable bonds is 5. The molecule has 0 aliphatic heterocycles. The number of benzene rings is 1. The molecule has 4 nitrogen and oxygen atoms in total. The van der Waals surface area contributed by atoms with E-state index in [-0.39, 0.29) is 5.84 Å². The molecule has 0 amide bonds. The van der Waals surface area contributed by atoms with Gasteiger partial charge in [0.25, 0.3) is 0 Å². The Hall–Kier alpha value is -1.71. The van der Waals surface area contributed by atoms with Gasteiger partial charge in [0.1, 0.15) is 0 Å². The zero-order valence-electron chi connectivity index (χ0n) is 10.7. The van der Waals surface area contributed by atoms with E-state index in [0.29, 0.717) is 6.04 Å². The summed E-state index contributed by atoms with van der Waals surface area (Å²) in [4.78, 5) is 2.19. The van der Waals surface area contributed by atoms with E-state index < -0.39 is 0 Å². The van der Waals surface area contributed by atoms with Crippen LogP contribution in [-0.4, -0.2) is 24.1 Å². The summed E-state index contributed by atoms with van der Waals surface area (Å²) >= 11 is 0. The maximum absolute atomic E-state index is 8.79.